The predicted molar refractivity (Wildman–Crippen MR) is 254 cm³/mol. The van der Waals surface area contributed by atoms with Crippen LogP contribution in [0.2, 0.25) is 0 Å². The molecule has 6 aromatic rings. The molecule has 0 atom stereocenters. The summed E-state index contributed by atoms with van der Waals surface area (Å²) >= 11 is 0. The smallest absolute Gasteiger partial charge is 0.338 e. The summed E-state index contributed by atoms with van der Waals surface area (Å²) in [7, 11) is 0. The Hall–Kier alpha value is -7.77. The molecule has 0 saturated carbocycles. The molecule has 0 fully saturated rings. The van der Waals surface area contributed by atoms with Crippen molar-refractivity contribution >= 4 is 34.8 Å². The number of esters is 1. The normalized spacial score (nSPS) is 11.1. The Kier molecular flexibility index (Phi) is 16.4. The monoisotopic (exact) mass is 891 g/mol. The number of rotatable bonds is 22. The van der Waals surface area contributed by atoms with Crippen LogP contribution in [0.15, 0.2) is 158 Å². The SMILES string of the molecule is C=CCOC(=O)c1ccc(NC(=O)c2ccc(NC(=O)c3ccc([N+](=O)[O-])c(OCCOC(c4ccccc4)(c4ccccc4)c4ccccc4)c3)c(OCC(C)C)c2)c(OCC(C)C)c1. The first-order chi connectivity index (χ1) is 31.9. The van der Waals surface area contributed by atoms with Gasteiger partial charge in [-0.05, 0) is 71.0 Å². The lowest BCUT2D eigenvalue weighted by Crippen LogP contribution is -2.34. The van der Waals surface area contributed by atoms with Crippen LogP contribution in [-0.4, -0.2) is 55.7 Å². The minimum absolute atomic E-state index is 0.0189. The summed E-state index contributed by atoms with van der Waals surface area (Å²) < 4.78 is 30.1. The molecule has 66 heavy (non-hydrogen) atoms. The number of nitro groups is 1. The molecular weight excluding hydrogens is 839 g/mol. The van der Waals surface area contributed by atoms with Gasteiger partial charge in [0.15, 0.2) is 5.75 Å². The maximum Gasteiger partial charge on any atom is 0.338 e. The number of nitrogens with one attached hydrogen (secondary N) is 2. The average Bonchev–Trinajstić information content (AvgIpc) is 3.33. The third kappa shape index (κ3) is 12.1. The van der Waals surface area contributed by atoms with Gasteiger partial charge in [0.2, 0.25) is 0 Å². The molecule has 0 aliphatic carbocycles. The van der Waals surface area contributed by atoms with Gasteiger partial charge in [0.05, 0.1) is 41.7 Å². The Balaban J connectivity index is 1.21. The number of nitrogens with zero attached hydrogens (tertiary/aromatic N) is 1. The number of anilines is 2. The number of hydrogen-bond acceptors (Lipinski definition) is 10. The van der Waals surface area contributed by atoms with Crippen LogP contribution >= 0.6 is 0 Å². The number of amides is 2. The second-order valence-corrected chi connectivity index (χ2v) is 16.0. The zero-order valence-corrected chi connectivity index (χ0v) is 37.4. The zero-order valence-electron chi connectivity index (χ0n) is 37.4. The van der Waals surface area contributed by atoms with Crippen LogP contribution < -0.4 is 24.8 Å². The van der Waals surface area contributed by atoms with Crippen molar-refractivity contribution in [2.75, 3.05) is 43.7 Å². The van der Waals surface area contributed by atoms with Crippen LogP contribution in [0.4, 0.5) is 17.1 Å². The minimum Gasteiger partial charge on any atom is -0.491 e. The maximum absolute atomic E-state index is 13.9. The van der Waals surface area contributed by atoms with E-state index in [2.05, 4.69) is 17.2 Å². The number of carbonyl (C=O) groups excluding carboxylic acids is 3. The van der Waals surface area contributed by atoms with E-state index in [0.717, 1.165) is 16.7 Å². The Bertz CT molecular complexity index is 2520. The molecule has 0 radical (unpaired) electrons. The quantitative estimate of drug-likeness (QED) is 0.0167. The molecule has 0 saturated heterocycles. The van der Waals surface area contributed by atoms with Crippen LogP contribution in [0.5, 0.6) is 17.2 Å². The molecular formula is C53H53N3O10. The van der Waals surface area contributed by atoms with Gasteiger partial charge in [0.1, 0.15) is 30.3 Å². The average molecular weight is 892 g/mol. The third-order valence-electron chi connectivity index (χ3n) is 10.1. The van der Waals surface area contributed by atoms with E-state index in [1.165, 1.54) is 54.6 Å². The number of hydrogen-bond donors (Lipinski definition) is 2. The van der Waals surface area contributed by atoms with Crippen molar-refractivity contribution in [3.05, 3.63) is 202 Å². The van der Waals surface area contributed by atoms with Crippen LogP contribution in [0.3, 0.4) is 0 Å². The Morgan fingerprint density at radius 2 is 1.05 bits per heavy atom. The highest BCUT2D eigenvalue weighted by atomic mass is 16.6. The van der Waals surface area contributed by atoms with Gasteiger partial charge < -0.3 is 34.3 Å². The molecule has 340 valence electrons. The summed E-state index contributed by atoms with van der Waals surface area (Å²) in [6.45, 7) is 12.0. The summed E-state index contributed by atoms with van der Waals surface area (Å²) in [4.78, 5) is 51.8. The lowest BCUT2D eigenvalue weighted by Gasteiger charge is -2.36. The van der Waals surface area contributed by atoms with Crippen LogP contribution in [-0.2, 0) is 15.1 Å². The minimum atomic E-state index is -1.04. The molecule has 13 heteroatoms. The molecule has 0 heterocycles. The molecule has 0 unspecified atom stereocenters. The summed E-state index contributed by atoms with van der Waals surface area (Å²) in [5.74, 6) is -1.05. The van der Waals surface area contributed by atoms with E-state index in [1.807, 2.05) is 119 Å². The molecule has 2 amide bonds. The predicted octanol–water partition coefficient (Wildman–Crippen LogP) is 10.9. The van der Waals surface area contributed by atoms with Gasteiger partial charge >= 0.3 is 11.7 Å². The van der Waals surface area contributed by atoms with Gasteiger partial charge in [0.25, 0.3) is 11.8 Å². The topological polar surface area (TPSA) is 165 Å². The van der Waals surface area contributed by atoms with Crippen molar-refractivity contribution in [1.29, 1.82) is 0 Å². The molecule has 0 aliphatic rings. The van der Waals surface area contributed by atoms with E-state index in [9.17, 15) is 24.5 Å². The summed E-state index contributed by atoms with van der Waals surface area (Å²) in [6, 6.07) is 42.4. The van der Waals surface area contributed by atoms with Crippen molar-refractivity contribution in [2.45, 2.75) is 33.3 Å². The summed E-state index contributed by atoms with van der Waals surface area (Å²) in [5, 5.41) is 17.9. The highest BCUT2D eigenvalue weighted by Crippen LogP contribution is 2.41. The fourth-order valence-corrected chi connectivity index (χ4v) is 6.91. The van der Waals surface area contributed by atoms with Gasteiger partial charge in [-0.2, -0.15) is 0 Å². The molecule has 0 aliphatic heterocycles. The van der Waals surface area contributed by atoms with Gasteiger partial charge in [-0.15, -0.1) is 0 Å². The zero-order chi connectivity index (χ0) is 47.1. The van der Waals surface area contributed by atoms with Gasteiger partial charge in [0, 0.05) is 23.3 Å². The molecule has 6 rings (SSSR count). The molecule has 0 bridgehead atoms. The first-order valence-electron chi connectivity index (χ1n) is 21.6. The number of carbonyl (C=O) groups is 3. The van der Waals surface area contributed by atoms with Crippen molar-refractivity contribution < 1.29 is 43.0 Å². The van der Waals surface area contributed by atoms with E-state index >= 15 is 0 Å². The molecule has 0 aromatic heterocycles. The van der Waals surface area contributed by atoms with E-state index in [1.54, 1.807) is 6.07 Å². The van der Waals surface area contributed by atoms with Crippen molar-refractivity contribution in [2.24, 2.45) is 11.8 Å². The van der Waals surface area contributed by atoms with Crippen LogP contribution in [0, 0.1) is 22.0 Å². The maximum atomic E-state index is 13.9. The molecule has 13 nitrogen and oxygen atoms in total. The fraction of sp³-hybridized carbons (Fsp3) is 0.226. The lowest BCUT2D eigenvalue weighted by molar-refractivity contribution is -0.385. The Labute approximate surface area is 384 Å². The second-order valence-electron chi connectivity index (χ2n) is 16.0. The number of nitro benzene ring substituents is 1. The Morgan fingerprint density at radius 3 is 1.50 bits per heavy atom. The van der Waals surface area contributed by atoms with E-state index in [0.29, 0.717) is 12.3 Å². The van der Waals surface area contributed by atoms with Crippen molar-refractivity contribution in [1.82, 2.24) is 0 Å². The van der Waals surface area contributed by atoms with E-state index in [-0.39, 0.29) is 83.6 Å². The van der Waals surface area contributed by atoms with E-state index < -0.39 is 28.3 Å². The van der Waals surface area contributed by atoms with E-state index in [4.69, 9.17) is 23.7 Å². The largest absolute Gasteiger partial charge is 0.491 e. The lowest BCUT2D eigenvalue weighted by atomic mass is 9.80. The Morgan fingerprint density at radius 1 is 0.606 bits per heavy atom. The van der Waals surface area contributed by atoms with Gasteiger partial charge in [-0.1, -0.05) is 131 Å². The number of benzene rings is 6. The van der Waals surface area contributed by atoms with Crippen LogP contribution in [0.25, 0.3) is 0 Å². The first-order valence-corrected chi connectivity index (χ1v) is 21.6. The summed E-state index contributed by atoms with van der Waals surface area (Å²) in [5.41, 5.74) is 2.39. The highest BCUT2D eigenvalue weighted by molar-refractivity contribution is 6.08. The number of ether oxygens (including phenoxy) is 5. The van der Waals surface area contributed by atoms with Gasteiger partial charge in [-0.3, -0.25) is 19.7 Å². The highest BCUT2D eigenvalue weighted by Gasteiger charge is 2.37. The fourth-order valence-electron chi connectivity index (χ4n) is 6.91. The second kappa shape index (κ2) is 22.7. The van der Waals surface area contributed by atoms with Crippen molar-refractivity contribution in [3.8, 4) is 17.2 Å². The summed E-state index contributed by atoms with van der Waals surface area (Å²) in [6.07, 6.45) is 1.47. The molecule has 6 aromatic carbocycles. The molecule has 2 N–H and O–H groups in total. The van der Waals surface area contributed by atoms with Crippen LogP contribution in [0.1, 0.15) is 75.5 Å². The van der Waals surface area contributed by atoms with Gasteiger partial charge in [-0.25, -0.2) is 4.79 Å². The standard InChI is InChI=1S/C53H53N3O10/c1-6-28-63-52(59)40-23-26-45(48(33-40)65-35-37(4)5)55-50(57)38-22-25-44(47(31-38)64-34-36(2)3)54-51(58)39-24-27-46(56(60)61)49(32-39)62-29-30-66-53(41-16-10-7-11-17-41,42-18-12-8-13-19-42)43-20-14-9-15-21-43/h6-27,31-33,36-37H,1,28-30,34-35H2,2-5H3,(H,54,58)(H,55,57). The first kappa shape index (κ1) is 47.7. The molecule has 0 spiro atoms. The third-order valence-corrected chi connectivity index (χ3v) is 10.1. The van der Waals surface area contributed by atoms with Crippen molar-refractivity contribution in [3.63, 3.8) is 0 Å².